The van der Waals surface area contributed by atoms with Crippen LogP contribution in [-0.4, -0.2) is 23.8 Å². The molecule has 0 aromatic rings. The number of hydrogen-bond acceptors (Lipinski definition) is 2. The van der Waals surface area contributed by atoms with Gasteiger partial charge in [0.15, 0.2) is 0 Å². The Morgan fingerprint density at radius 3 is 2.33 bits per heavy atom. The fourth-order valence-electron chi connectivity index (χ4n) is 0.626. The Hall–Kier alpha value is -0.0431. The van der Waals surface area contributed by atoms with Gasteiger partial charge in [-0.15, -0.1) is 0 Å². The maximum Gasteiger partial charge on any atom is 0.331 e. The zero-order valence-corrected chi connectivity index (χ0v) is 10.6. The molecule has 0 aliphatic rings. The molecule has 0 aromatic carbocycles. The Bertz CT molecular complexity index is 195. The van der Waals surface area contributed by atoms with Crippen LogP contribution in [0.5, 0.6) is 0 Å². The highest BCUT2D eigenvalue weighted by molar-refractivity contribution is 14.1. The number of carboxylic acids is 1. The molecule has 5 heteroatoms. The van der Waals surface area contributed by atoms with Crippen molar-refractivity contribution in [1.29, 1.82) is 0 Å². The molecule has 0 aliphatic heterocycles. The van der Waals surface area contributed by atoms with Crippen LogP contribution in [-0.2, 0) is 9.22 Å². The number of rotatable bonds is 4. The predicted molar refractivity (Wildman–Crippen MR) is 59.0 cm³/mol. The SMILES string of the molecule is C[Si](C)(C)O/C(=C/C(=O)O)CI. The van der Waals surface area contributed by atoms with E-state index >= 15 is 0 Å². The van der Waals surface area contributed by atoms with Gasteiger partial charge < -0.3 is 9.53 Å². The van der Waals surface area contributed by atoms with Crippen molar-refractivity contribution in [2.24, 2.45) is 0 Å². The van der Waals surface area contributed by atoms with Crippen molar-refractivity contribution in [3.63, 3.8) is 0 Å². The van der Waals surface area contributed by atoms with Crippen molar-refractivity contribution < 1.29 is 14.3 Å². The van der Waals surface area contributed by atoms with Gasteiger partial charge in [0.1, 0.15) is 0 Å². The second-order valence-electron chi connectivity index (χ2n) is 3.30. The third-order valence-corrected chi connectivity index (χ3v) is 2.48. The van der Waals surface area contributed by atoms with Crippen molar-refractivity contribution >= 4 is 36.9 Å². The van der Waals surface area contributed by atoms with Crippen LogP contribution in [0.3, 0.4) is 0 Å². The van der Waals surface area contributed by atoms with E-state index in [1.807, 2.05) is 19.6 Å². The van der Waals surface area contributed by atoms with Crippen LogP contribution in [0.1, 0.15) is 0 Å². The molecule has 0 saturated carbocycles. The largest absolute Gasteiger partial charge is 0.546 e. The first-order chi connectivity index (χ1) is 5.35. The van der Waals surface area contributed by atoms with Gasteiger partial charge in [-0.05, 0) is 19.6 Å². The molecule has 0 atom stereocenters. The minimum atomic E-state index is -1.64. The molecule has 0 saturated heterocycles. The van der Waals surface area contributed by atoms with Gasteiger partial charge in [-0.3, -0.25) is 0 Å². The van der Waals surface area contributed by atoms with Crippen LogP contribution < -0.4 is 0 Å². The van der Waals surface area contributed by atoms with Gasteiger partial charge >= 0.3 is 5.97 Å². The summed E-state index contributed by atoms with van der Waals surface area (Å²) in [6.07, 6.45) is 1.13. The first-order valence-electron chi connectivity index (χ1n) is 3.53. The fourth-order valence-corrected chi connectivity index (χ4v) is 2.21. The summed E-state index contributed by atoms with van der Waals surface area (Å²) in [5.41, 5.74) is 0. The molecule has 3 nitrogen and oxygen atoms in total. The zero-order valence-electron chi connectivity index (χ0n) is 7.43. The highest BCUT2D eigenvalue weighted by Gasteiger charge is 2.17. The molecule has 0 bridgehead atoms. The average Bonchev–Trinajstić information content (AvgIpc) is 1.82. The molecule has 70 valence electrons. The smallest absolute Gasteiger partial charge is 0.331 e. The molecule has 0 heterocycles. The van der Waals surface area contributed by atoms with Crippen molar-refractivity contribution in [3.05, 3.63) is 11.8 Å². The van der Waals surface area contributed by atoms with Crippen molar-refractivity contribution in [2.45, 2.75) is 19.6 Å². The van der Waals surface area contributed by atoms with Crippen LogP contribution >= 0.6 is 22.6 Å². The van der Waals surface area contributed by atoms with E-state index in [0.29, 0.717) is 10.2 Å². The van der Waals surface area contributed by atoms with Crippen LogP contribution in [0.4, 0.5) is 0 Å². The second-order valence-corrected chi connectivity index (χ2v) is 8.49. The van der Waals surface area contributed by atoms with E-state index in [4.69, 9.17) is 9.53 Å². The van der Waals surface area contributed by atoms with Gasteiger partial charge in [0, 0.05) is 0 Å². The normalized spacial score (nSPS) is 12.8. The van der Waals surface area contributed by atoms with Crippen LogP contribution in [0.2, 0.25) is 19.6 Å². The van der Waals surface area contributed by atoms with E-state index in [1.165, 1.54) is 0 Å². The fraction of sp³-hybridized carbons (Fsp3) is 0.571. The third kappa shape index (κ3) is 6.65. The molecule has 0 unspecified atom stereocenters. The lowest BCUT2D eigenvalue weighted by Gasteiger charge is -2.20. The maximum atomic E-state index is 10.3. The van der Waals surface area contributed by atoms with Crippen LogP contribution in [0, 0.1) is 0 Å². The zero-order chi connectivity index (χ0) is 9.78. The Labute approximate surface area is 87.1 Å². The highest BCUT2D eigenvalue weighted by Crippen LogP contribution is 2.12. The molecule has 0 spiro atoms. The summed E-state index contributed by atoms with van der Waals surface area (Å²) < 4.78 is 6.11. The molecule has 1 N–H and O–H groups in total. The first-order valence-corrected chi connectivity index (χ1v) is 8.47. The predicted octanol–water partition coefficient (Wildman–Crippen LogP) is 2.24. The Morgan fingerprint density at radius 2 is 2.08 bits per heavy atom. The standard InChI is InChI=1S/C7H13IO3Si/c1-12(2,3)11-6(5-8)4-7(9)10/h4H,5H2,1-3H3,(H,9,10)/b6-4+. The summed E-state index contributed by atoms with van der Waals surface area (Å²) >= 11 is 2.09. The minimum Gasteiger partial charge on any atom is -0.546 e. The van der Waals surface area contributed by atoms with Crippen molar-refractivity contribution in [1.82, 2.24) is 0 Å². The molecule has 12 heavy (non-hydrogen) atoms. The molecule has 0 amide bonds. The van der Waals surface area contributed by atoms with Gasteiger partial charge in [-0.25, -0.2) is 4.79 Å². The number of allylic oxidation sites excluding steroid dienone is 1. The Morgan fingerprint density at radius 1 is 1.58 bits per heavy atom. The van der Waals surface area contributed by atoms with E-state index in [0.717, 1.165) is 6.08 Å². The van der Waals surface area contributed by atoms with E-state index in [2.05, 4.69) is 22.6 Å². The van der Waals surface area contributed by atoms with Crippen LogP contribution in [0.15, 0.2) is 11.8 Å². The topological polar surface area (TPSA) is 46.5 Å². The monoisotopic (exact) mass is 300 g/mol. The lowest BCUT2D eigenvalue weighted by Crippen LogP contribution is -2.25. The first kappa shape index (κ1) is 12.0. The van der Waals surface area contributed by atoms with E-state index in [1.54, 1.807) is 0 Å². The highest BCUT2D eigenvalue weighted by atomic mass is 127. The maximum absolute atomic E-state index is 10.3. The quantitative estimate of drug-likeness (QED) is 0.285. The second kappa shape index (κ2) is 4.86. The number of aliphatic carboxylic acids is 1. The van der Waals surface area contributed by atoms with Crippen molar-refractivity contribution in [3.8, 4) is 0 Å². The van der Waals surface area contributed by atoms with E-state index in [-0.39, 0.29) is 0 Å². The molecular weight excluding hydrogens is 287 g/mol. The number of hydrogen-bond donors (Lipinski definition) is 1. The van der Waals surface area contributed by atoms with Gasteiger partial charge in [-0.2, -0.15) is 0 Å². The summed E-state index contributed by atoms with van der Waals surface area (Å²) in [5.74, 6) is -0.387. The Balaban J connectivity index is 4.28. The average molecular weight is 300 g/mol. The van der Waals surface area contributed by atoms with Gasteiger partial charge in [-0.1, -0.05) is 22.6 Å². The van der Waals surface area contributed by atoms with Crippen molar-refractivity contribution in [2.75, 3.05) is 4.43 Å². The van der Waals surface area contributed by atoms with Gasteiger partial charge in [0.2, 0.25) is 8.32 Å². The molecule has 0 aromatic heterocycles. The molecule has 0 aliphatic carbocycles. The number of halogens is 1. The summed E-state index contributed by atoms with van der Waals surface area (Å²) in [4.78, 5) is 10.3. The minimum absolute atomic E-state index is 0.558. The lowest BCUT2D eigenvalue weighted by atomic mass is 10.5. The van der Waals surface area contributed by atoms with E-state index < -0.39 is 14.3 Å². The summed E-state index contributed by atoms with van der Waals surface area (Å²) in [5, 5.41) is 8.47. The Kier molecular flexibility index (Phi) is 4.84. The molecule has 0 fully saturated rings. The van der Waals surface area contributed by atoms with E-state index in [9.17, 15) is 4.79 Å². The summed E-state index contributed by atoms with van der Waals surface area (Å²) in [7, 11) is -1.64. The lowest BCUT2D eigenvalue weighted by molar-refractivity contribution is -0.131. The summed E-state index contributed by atoms with van der Waals surface area (Å²) in [6, 6.07) is 0. The third-order valence-electron chi connectivity index (χ3n) is 0.853. The summed E-state index contributed by atoms with van der Waals surface area (Å²) in [6.45, 7) is 6.07. The number of alkyl halides is 1. The van der Waals surface area contributed by atoms with Gasteiger partial charge in [0.25, 0.3) is 0 Å². The molecular formula is C7H13IO3Si. The number of carbonyl (C=O) groups is 1. The molecule has 0 radical (unpaired) electrons. The molecule has 0 rings (SSSR count). The van der Waals surface area contributed by atoms with Gasteiger partial charge in [0.05, 0.1) is 16.3 Å². The van der Waals surface area contributed by atoms with Crippen LogP contribution in [0.25, 0.3) is 0 Å². The number of carboxylic acid groups (broad SMARTS) is 1.